The first-order valence-electron chi connectivity index (χ1n) is 9.80. The van der Waals surface area contributed by atoms with Gasteiger partial charge in [0.2, 0.25) is 5.91 Å². The number of rotatable bonds is 7. The van der Waals surface area contributed by atoms with Crippen molar-refractivity contribution in [1.29, 1.82) is 5.26 Å². The molecule has 0 saturated carbocycles. The van der Waals surface area contributed by atoms with Crippen molar-refractivity contribution in [2.45, 2.75) is 13.0 Å². The minimum absolute atomic E-state index is 0.108. The third-order valence-electron chi connectivity index (χ3n) is 4.64. The molecule has 0 saturated heterocycles. The van der Waals surface area contributed by atoms with E-state index in [1.54, 1.807) is 18.6 Å². The van der Waals surface area contributed by atoms with Crippen molar-refractivity contribution in [2.75, 3.05) is 5.32 Å². The number of amides is 1. The fraction of sp³-hybridized carbons (Fsp3) is 0.0800. The standard InChI is InChI=1S/C25H20N4O2/c26-16-21-10-9-20(17-29-12-11-27-18-29)14-24(21)31-23-8-4-5-19(13-23)15-25(30)28-22-6-2-1-3-7-22/h1-14,18H,15,17H2,(H,28,30). The summed E-state index contributed by atoms with van der Waals surface area (Å²) in [7, 11) is 0. The molecule has 0 aliphatic carbocycles. The molecule has 0 unspecified atom stereocenters. The Morgan fingerprint density at radius 1 is 1.03 bits per heavy atom. The van der Waals surface area contributed by atoms with Gasteiger partial charge < -0.3 is 14.6 Å². The molecule has 1 N–H and O–H groups in total. The maximum Gasteiger partial charge on any atom is 0.228 e. The van der Waals surface area contributed by atoms with E-state index in [4.69, 9.17) is 4.74 Å². The second-order valence-electron chi connectivity index (χ2n) is 7.02. The van der Waals surface area contributed by atoms with Crippen molar-refractivity contribution >= 4 is 11.6 Å². The Labute approximate surface area is 180 Å². The molecule has 0 aliphatic rings. The molecule has 0 radical (unpaired) electrons. The average Bonchev–Trinajstić information content (AvgIpc) is 3.28. The van der Waals surface area contributed by atoms with Gasteiger partial charge in [-0.2, -0.15) is 5.26 Å². The van der Waals surface area contributed by atoms with Gasteiger partial charge in [-0.3, -0.25) is 4.79 Å². The van der Waals surface area contributed by atoms with Gasteiger partial charge in [0, 0.05) is 24.6 Å². The van der Waals surface area contributed by atoms with Crippen LogP contribution in [0.1, 0.15) is 16.7 Å². The highest BCUT2D eigenvalue weighted by Crippen LogP contribution is 2.27. The summed E-state index contributed by atoms with van der Waals surface area (Å²) in [6.45, 7) is 0.627. The number of carbonyl (C=O) groups excluding carboxylic acids is 1. The van der Waals surface area contributed by atoms with E-state index in [0.29, 0.717) is 23.6 Å². The second-order valence-corrected chi connectivity index (χ2v) is 7.02. The Morgan fingerprint density at radius 3 is 2.68 bits per heavy atom. The monoisotopic (exact) mass is 408 g/mol. The van der Waals surface area contributed by atoms with E-state index >= 15 is 0 Å². The van der Waals surface area contributed by atoms with Crippen LogP contribution in [0.15, 0.2) is 91.5 Å². The average molecular weight is 408 g/mol. The predicted octanol–water partition coefficient (Wildman–Crippen LogP) is 4.78. The number of aromatic nitrogens is 2. The van der Waals surface area contributed by atoms with E-state index in [1.165, 1.54) is 0 Å². The molecular formula is C25H20N4O2. The number of imidazole rings is 1. The summed E-state index contributed by atoms with van der Waals surface area (Å²) >= 11 is 0. The molecule has 31 heavy (non-hydrogen) atoms. The number of benzene rings is 3. The first kappa shape index (κ1) is 19.9. The predicted molar refractivity (Wildman–Crippen MR) is 118 cm³/mol. The first-order valence-corrected chi connectivity index (χ1v) is 9.80. The summed E-state index contributed by atoms with van der Waals surface area (Å²) in [5.74, 6) is 0.940. The maximum atomic E-state index is 12.3. The molecule has 0 aliphatic heterocycles. The van der Waals surface area contributed by atoms with E-state index in [1.807, 2.05) is 77.5 Å². The molecule has 1 amide bonds. The lowest BCUT2D eigenvalue weighted by atomic mass is 10.1. The molecule has 1 heterocycles. The summed E-state index contributed by atoms with van der Waals surface area (Å²) in [4.78, 5) is 16.4. The number of ether oxygens (including phenoxy) is 1. The van der Waals surface area contributed by atoms with Crippen molar-refractivity contribution < 1.29 is 9.53 Å². The summed E-state index contributed by atoms with van der Waals surface area (Å²) in [6.07, 6.45) is 5.56. The van der Waals surface area contributed by atoms with Crippen molar-refractivity contribution in [2.24, 2.45) is 0 Å². The Bertz CT molecular complexity index is 1210. The van der Waals surface area contributed by atoms with Gasteiger partial charge in [0.15, 0.2) is 0 Å². The Kier molecular flexibility index (Phi) is 6.05. The molecule has 1 aromatic heterocycles. The summed E-state index contributed by atoms with van der Waals surface area (Å²) in [5.41, 5.74) is 3.01. The largest absolute Gasteiger partial charge is 0.456 e. The minimum Gasteiger partial charge on any atom is -0.456 e. The number of hydrogen-bond donors (Lipinski definition) is 1. The summed E-state index contributed by atoms with van der Waals surface area (Å²) in [5, 5.41) is 12.3. The van der Waals surface area contributed by atoms with E-state index < -0.39 is 0 Å². The molecule has 3 aromatic carbocycles. The molecule has 152 valence electrons. The van der Waals surface area contributed by atoms with Crippen molar-refractivity contribution in [3.8, 4) is 17.6 Å². The first-order chi connectivity index (χ1) is 15.2. The Balaban J connectivity index is 1.48. The minimum atomic E-state index is -0.108. The van der Waals surface area contributed by atoms with Gasteiger partial charge >= 0.3 is 0 Å². The quantitative estimate of drug-likeness (QED) is 0.477. The number of nitrogens with zero attached hydrogens (tertiary/aromatic N) is 3. The van der Waals surface area contributed by atoms with Crippen molar-refractivity contribution in [1.82, 2.24) is 9.55 Å². The van der Waals surface area contributed by atoms with Crippen LogP contribution in [0.3, 0.4) is 0 Å². The number of nitriles is 1. The molecule has 4 rings (SSSR count). The third-order valence-corrected chi connectivity index (χ3v) is 4.64. The van der Waals surface area contributed by atoms with Gasteiger partial charge in [0.25, 0.3) is 0 Å². The fourth-order valence-electron chi connectivity index (χ4n) is 3.19. The smallest absolute Gasteiger partial charge is 0.228 e. The SMILES string of the molecule is N#Cc1ccc(Cn2ccnc2)cc1Oc1cccc(CC(=O)Nc2ccccc2)c1. The van der Waals surface area contributed by atoms with E-state index in [9.17, 15) is 10.1 Å². The molecule has 0 bridgehead atoms. The van der Waals surface area contributed by atoms with E-state index in [0.717, 1.165) is 16.8 Å². The zero-order valence-corrected chi connectivity index (χ0v) is 16.7. The maximum absolute atomic E-state index is 12.3. The highest BCUT2D eigenvalue weighted by atomic mass is 16.5. The Morgan fingerprint density at radius 2 is 1.90 bits per heavy atom. The number of hydrogen-bond acceptors (Lipinski definition) is 4. The van der Waals surface area contributed by atoms with Crippen LogP contribution < -0.4 is 10.1 Å². The van der Waals surface area contributed by atoms with Gasteiger partial charge in [-0.25, -0.2) is 4.98 Å². The zero-order chi connectivity index (χ0) is 21.5. The van der Waals surface area contributed by atoms with Crippen LogP contribution in [-0.4, -0.2) is 15.5 Å². The fourth-order valence-corrected chi connectivity index (χ4v) is 3.19. The number of nitrogens with one attached hydrogen (secondary N) is 1. The van der Waals surface area contributed by atoms with Crippen molar-refractivity contribution in [3.63, 3.8) is 0 Å². The molecule has 6 heteroatoms. The normalized spacial score (nSPS) is 10.3. The summed E-state index contributed by atoms with van der Waals surface area (Å²) < 4.78 is 7.96. The number of carbonyl (C=O) groups is 1. The van der Waals surface area contributed by atoms with Gasteiger partial charge in [0.1, 0.15) is 17.6 Å². The van der Waals surface area contributed by atoms with Gasteiger partial charge in [-0.05, 0) is 47.5 Å². The molecule has 0 atom stereocenters. The van der Waals surface area contributed by atoms with Crippen LogP contribution in [-0.2, 0) is 17.8 Å². The third kappa shape index (κ3) is 5.37. The lowest BCUT2D eigenvalue weighted by molar-refractivity contribution is -0.115. The van der Waals surface area contributed by atoms with Gasteiger partial charge in [-0.1, -0.05) is 36.4 Å². The second kappa shape index (κ2) is 9.42. The molecular weight excluding hydrogens is 388 g/mol. The molecule has 0 fully saturated rings. The number of anilines is 1. The van der Waals surface area contributed by atoms with Gasteiger partial charge in [-0.15, -0.1) is 0 Å². The Hall–Kier alpha value is -4.37. The topological polar surface area (TPSA) is 79.9 Å². The van der Waals surface area contributed by atoms with Gasteiger partial charge in [0.05, 0.1) is 18.3 Å². The van der Waals surface area contributed by atoms with E-state index in [2.05, 4.69) is 16.4 Å². The molecule has 4 aromatic rings. The molecule has 0 spiro atoms. The lowest BCUT2D eigenvalue weighted by Gasteiger charge is -2.11. The highest BCUT2D eigenvalue weighted by molar-refractivity contribution is 5.92. The number of para-hydroxylation sites is 1. The van der Waals surface area contributed by atoms with Crippen LogP contribution in [0.25, 0.3) is 0 Å². The van der Waals surface area contributed by atoms with Crippen molar-refractivity contribution in [3.05, 3.63) is 108 Å². The van der Waals surface area contributed by atoms with Crippen LogP contribution in [0, 0.1) is 11.3 Å². The molecule has 6 nitrogen and oxygen atoms in total. The van der Waals surface area contributed by atoms with E-state index in [-0.39, 0.29) is 12.3 Å². The van der Waals surface area contributed by atoms with Crippen LogP contribution in [0.4, 0.5) is 5.69 Å². The zero-order valence-electron chi connectivity index (χ0n) is 16.7. The van der Waals surface area contributed by atoms with Crippen LogP contribution in [0.2, 0.25) is 0 Å². The van der Waals surface area contributed by atoms with Crippen LogP contribution in [0.5, 0.6) is 11.5 Å². The lowest BCUT2D eigenvalue weighted by Crippen LogP contribution is -2.14. The summed E-state index contributed by atoms with van der Waals surface area (Å²) in [6, 6.07) is 24.3. The van der Waals surface area contributed by atoms with Crippen LogP contribution >= 0.6 is 0 Å². The highest BCUT2D eigenvalue weighted by Gasteiger charge is 2.09.